The van der Waals surface area contributed by atoms with Crippen LogP contribution in [-0.2, 0) is 47.6 Å². The second-order valence-electron chi connectivity index (χ2n) is 6.38. The molecule has 0 aliphatic heterocycles. The van der Waals surface area contributed by atoms with Crippen LogP contribution in [-0.4, -0.2) is 84.1 Å². The molecule has 0 unspecified atom stereocenters. The maximum Gasteiger partial charge on any atom is 0.372 e. The molecule has 0 saturated carbocycles. The van der Waals surface area contributed by atoms with E-state index < -0.39 is 34.3 Å². The van der Waals surface area contributed by atoms with Crippen LogP contribution in [0.15, 0.2) is 29.2 Å². The van der Waals surface area contributed by atoms with Crippen LogP contribution in [0.5, 0.6) is 0 Å². The number of carbonyl (C=O) groups is 3. The molecule has 0 atom stereocenters. The number of aryl methyl sites for hydroxylation is 1. The minimum atomic E-state index is -3.80. The molecule has 0 fully saturated rings. The van der Waals surface area contributed by atoms with Crippen LogP contribution < -0.4 is 0 Å². The molecule has 12 heteroatoms. The summed E-state index contributed by atoms with van der Waals surface area (Å²) in [6.45, 7) is 3.02. The predicted octanol–water partition coefficient (Wildman–Crippen LogP) is 0.727. The standard InChI is InChI=1S/C20H28O11S/c1-16-2-4-17(5-3-16)32(25,26)31-15-13-29-11-9-27-8-10-28-12-14-30-19(22)7-6-18(21)20(23)24/h2-5H,6-15H2,1H3,(H,23,24). The lowest BCUT2D eigenvalue weighted by atomic mass is 10.2. The number of carbonyl (C=O) groups excluding carboxylic acids is 2. The van der Waals surface area contributed by atoms with E-state index >= 15 is 0 Å². The Morgan fingerprint density at radius 1 is 0.781 bits per heavy atom. The first-order chi connectivity index (χ1) is 15.2. The molecule has 0 aliphatic carbocycles. The fourth-order valence-corrected chi connectivity index (χ4v) is 3.02. The smallest absolute Gasteiger partial charge is 0.372 e. The summed E-state index contributed by atoms with van der Waals surface area (Å²) in [5.74, 6) is -3.29. The van der Waals surface area contributed by atoms with Crippen LogP contribution in [0.1, 0.15) is 18.4 Å². The molecular formula is C20H28O11S. The van der Waals surface area contributed by atoms with Crippen LogP contribution in [0, 0.1) is 6.92 Å². The Bertz CT molecular complexity index is 818. The zero-order valence-corrected chi connectivity index (χ0v) is 18.6. The summed E-state index contributed by atoms with van der Waals surface area (Å²) in [4.78, 5) is 32.5. The first kappa shape index (κ1) is 27.7. The van der Waals surface area contributed by atoms with E-state index in [2.05, 4.69) is 0 Å². The third kappa shape index (κ3) is 12.5. The van der Waals surface area contributed by atoms with Crippen molar-refractivity contribution < 1.29 is 51.0 Å². The Balaban J connectivity index is 1.92. The Labute approximate surface area is 186 Å². The number of aliphatic carboxylic acids is 1. The van der Waals surface area contributed by atoms with Gasteiger partial charge in [-0.1, -0.05) is 17.7 Å². The molecule has 1 aromatic carbocycles. The third-order valence-electron chi connectivity index (χ3n) is 3.81. The Hall–Kier alpha value is -2.38. The number of Topliss-reactive ketones (excluding diaryl/α,β-unsaturated/α-hetero) is 1. The highest BCUT2D eigenvalue weighted by Crippen LogP contribution is 2.12. The molecule has 180 valence electrons. The van der Waals surface area contributed by atoms with E-state index in [1.54, 1.807) is 12.1 Å². The first-order valence-corrected chi connectivity index (χ1v) is 11.2. The lowest BCUT2D eigenvalue weighted by molar-refractivity contribution is -0.151. The summed E-state index contributed by atoms with van der Waals surface area (Å²) < 4.78 is 49.3. The van der Waals surface area contributed by atoms with Gasteiger partial charge in [0.2, 0.25) is 5.78 Å². The predicted molar refractivity (Wildman–Crippen MR) is 110 cm³/mol. The highest BCUT2D eigenvalue weighted by Gasteiger charge is 2.15. The van der Waals surface area contributed by atoms with Gasteiger partial charge in [-0.2, -0.15) is 8.42 Å². The van der Waals surface area contributed by atoms with E-state index in [1.165, 1.54) is 12.1 Å². The molecule has 0 amide bonds. The van der Waals surface area contributed by atoms with E-state index in [0.717, 1.165) is 5.56 Å². The molecule has 32 heavy (non-hydrogen) atoms. The van der Waals surface area contributed by atoms with Gasteiger partial charge in [0.15, 0.2) is 0 Å². The molecule has 0 bridgehead atoms. The van der Waals surface area contributed by atoms with Crippen LogP contribution >= 0.6 is 0 Å². The second kappa shape index (κ2) is 15.4. The summed E-state index contributed by atoms with van der Waals surface area (Å²) in [6.07, 6.45) is -0.698. The average Bonchev–Trinajstić information content (AvgIpc) is 2.75. The van der Waals surface area contributed by atoms with Crippen LogP contribution in [0.3, 0.4) is 0 Å². The minimum absolute atomic E-state index is 0.0191. The molecule has 1 N–H and O–H groups in total. The molecule has 0 aliphatic rings. The normalized spacial score (nSPS) is 11.3. The third-order valence-corrected chi connectivity index (χ3v) is 5.13. The Morgan fingerprint density at radius 3 is 1.81 bits per heavy atom. The van der Waals surface area contributed by atoms with Crippen molar-refractivity contribution in [2.75, 3.05) is 52.9 Å². The van der Waals surface area contributed by atoms with Crippen LogP contribution in [0.4, 0.5) is 0 Å². The number of ketones is 1. The van der Waals surface area contributed by atoms with Gasteiger partial charge < -0.3 is 24.1 Å². The fourth-order valence-electron chi connectivity index (χ4n) is 2.13. The lowest BCUT2D eigenvalue weighted by Crippen LogP contribution is -2.17. The SMILES string of the molecule is Cc1ccc(S(=O)(=O)OCCOCCOCCOCCOC(=O)CCC(=O)C(=O)O)cc1. The van der Waals surface area contributed by atoms with E-state index in [9.17, 15) is 22.8 Å². The van der Waals surface area contributed by atoms with Crippen molar-refractivity contribution in [2.24, 2.45) is 0 Å². The summed E-state index contributed by atoms with van der Waals surface area (Å²) >= 11 is 0. The number of rotatable bonds is 18. The molecule has 1 aromatic rings. The van der Waals surface area contributed by atoms with Gasteiger partial charge in [0.25, 0.3) is 10.1 Å². The van der Waals surface area contributed by atoms with E-state index in [0.29, 0.717) is 0 Å². The second-order valence-corrected chi connectivity index (χ2v) is 7.99. The van der Waals surface area contributed by atoms with Crippen molar-refractivity contribution in [2.45, 2.75) is 24.7 Å². The van der Waals surface area contributed by atoms with Crippen LogP contribution in [0.25, 0.3) is 0 Å². The fraction of sp³-hybridized carbons (Fsp3) is 0.550. The van der Waals surface area contributed by atoms with Gasteiger partial charge in [0, 0.05) is 6.42 Å². The summed E-state index contributed by atoms with van der Waals surface area (Å²) in [6, 6.07) is 6.34. The van der Waals surface area contributed by atoms with Crippen molar-refractivity contribution in [1.82, 2.24) is 0 Å². The van der Waals surface area contributed by atoms with E-state index in [-0.39, 0.29) is 64.2 Å². The average molecular weight is 477 g/mol. The summed E-state index contributed by atoms with van der Waals surface area (Å²) in [5, 5.41) is 8.39. The summed E-state index contributed by atoms with van der Waals surface area (Å²) in [7, 11) is -3.80. The number of carboxylic acid groups (broad SMARTS) is 1. The van der Waals surface area contributed by atoms with Gasteiger partial charge in [-0.3, -0.25) is 13.8 Å². The molecule has 0 heterocycles. The highest BCUT2D eigenvalue weighted by atomic mass is 32.2. The first-order valence-electron chi connectivity index (χ1n) is 9.83. The van der Waals surface area contributed by atoms with Gasteiger partial charge in [0.1, 0.15) is 6.61 Å². The number of hydrogen-bond donors (Lipinski definition) is 1. The highest BCUT2D eigenvalue weighted by molar-refractivity contribution is 7.86. The molecular weight excluding hydrogens is 448 g/mol. The van der Waals surface area contributed by atoms with Gasteiger partial charge in [-0.25, -0.2) is 4.79 Å². The Kier molecular flexibility index (Phi) is 13.3. The summed E-state index contributed by atoms with van der Waals surface area (Å²) in [5.41, 5.74) is 0.949. The minimum Gasteiger partial charge on any atom is -0.476 e. The number of esters is 1. The van der Waals surface area contributed by atoms with Gasteiger partial charge in [0.05, 0.1) is 57.6 Å². The van der Waals surface area contributed by atoms with Gasteiger partial charge in [-0.05, 0) is 19.1 Å². The lowest BCUT2D eigenvalue weighted by Gasteiger charge is -2.08. The van der Waals surface area contributed by atoms with Crippen molar-refractivity contribution in [3.63, 3.8) is 0 Å². The van der Waals surface area contributed by atoms with Crippen molar-refractivity contribution in [3.05, 3.63) is 29.8 Å². The molecule has 0 spiro atoms. The van der Waals surface area contributed by atoms with E-state index in [1.807, 2.05) is 6.92 Å². The van der Waals surface area contributed by atoms with Crippen molar-refractivity contribution in [1.29, 1.82) is 0 Å². The number of carboxylic acids is 1. The largest absolute Gasteiger partial charge is 0.476 e. The maximum atomic E-state index is 12.0. The monoisotopic (exact) mass is 476 g/mol. The molecule has 0 radical (unpaired) electrons. The molecule has 0 aromatic heterocycles. The number of ether oxygens (including phenoxy) is 4. The Morgan fingerprint density at radius 2 is 1.28 bits per heavy atom. The maximum absolute atomic E-state index is 12.0. The van der Waals surface area contributed by atoms with Gasteiger partial charge in [-0.15, -0.1) is 0 Å². The quantitative estimate of drug-likeness (QED) is 0.138. The van der Waals surface area contributed by atoms with E-state index in [4.69, 9.17) is 28.2 Å². The van der Waals surface area contributed by atoms with Crippen molar-refractivity contribution >= 4 is 27.8 Å². The topological polar surface area (TPSA) is 152 Å². The molecule has 0 saturated heterocycles. The van der Waals surface area contributed by atoms with Crippen LogP contribution in [0.2, 0.25) is 0 Å². The number of benzene rings is 1. The number of hydrogen-bond acceptors (Lipinski definition) is 10. The zero-order chi connectivity index (χ0) is 23.8. The molecule has 11 nitrogen and oxygen atoms in total. The molecule has 1 rings (SSSR count). The zero-order valence-electron chi connectivity index (χ0n) is 17.8. The van der Waals surface area contributed by atoms with Crippen molar-refractivity contribution in [3.8, 4) is 0 Å². The van der Waals surface area contributed by atoms with Gasteiger partial charge >= 0.3 is 11.9 Å².